The van der Waals surface area contributed by atoms with Crippen LogP contribution < -0.4 is 5.32 Å². The van der Waals surface area contributed by atoms with Crippen LogP contribution in [0.25, 0.3) is 11.4 Å². The molecule has 5 nitrogen and oxygen atoms in total. The summed E-state index contributed by atoms with van der Waals surface area (Å²) in [6.45, 7) is 2.83. The molecule has 1 amide bonds. The third-order valence-electron chi connectivity index (χ3n) is 4.64. The van der Waals surface area contributed by atoms with Crippen molar-refractivity contribution in [1.29, 1.82) is 0 Å². The molecule has 4 rings (SSSR count). The van der Waals surface area contributed by atoms with Crippen LogP contribution in [0.15, 0.2) is 53.7 Å². The minimum atomic E-state index is 0.0109. The van der Waals surface area contributed by atoms with Crippen molar-refractivity contribution in [2.45, 2.75) is 43.3 Å². The highest BCUT2D eigenvalue weighted by molar-refractivity contribution is 7.98. The topological polar surface area (TPSA) is 59.8 Å². The zero-order chi connectivity index (χ0) is 19.5. The lowest BCUT2D eigenvalue weighted by Crippen LogP contribution is -2.25. The Labute approximate surface area is 173 Å². The molecule has 1 aromatic heterocycles. The number of hydrogen-bond acceptors (Lipinski definition) is 4. The molecule has 0 aliphatic heterocycles. The van der Waals surface area contributed by atoms with E-state index in [2.05, 4.69) is 27.0 Å². The molecule has 1 aliphatic rings. The van der Waals surface area contributed by atoms with E-state index in [0.717, 1.165) is 47.2 Å². The molecule has 2 aromatic carbocycles. The summed E-state index contributed by atoms with van der Waals surface area (Å²) in [7, 11) is 0. The number of carbonyl (C=O) groups excluding carboxylic acids is 1. The maximum Gasteiger partial charge on any atom is 0.251 e. The fraction of sp³-hybridized carbons (Fsp3) is 0.286. The van der Waals surface area contributed by atoms with Crippen molar-refractivity contribution in [2.75, 3.05) is 0 Å². The van der Waals surface area contributed by atoms with Crippen molar-refractivity contribution in [3.63, 3.8) is 0 Å². The number of hydrogen-bond donors (Lipinski definition) is 1. The van der Waals surface area contributed by atoms with Gasteiger partial charge in [-0.05, 0) is 49.6 Å². The molecule has 0 radical (unpaired) electrons. The number of carbonyl (C=O) groups is 1. The summed E-state index contributed by atoms with van der Waals surface area (Å²) in [5, 5.41) is 13.2. The van der Waals surface area contributed by atoms with Gasteiger partial charge in [-0.3, -0.25) is 4.79 Å². The maximum atomic E-state index is 12.1. The van der Waals surface area contributed by atoms with Crippen LogP contribution in [0.3, 0.4) is 0 Å². The van der Waals surface area contributed by atoms with Crippen molar-refractivity contribution < 1.29 is 4.79 Å². The maximum absolute atomic E-state index is 12.1. The molecule has 3 aromatic rings. The van der Waals surface area contributed by atoms with Gasteiger partial charge in [-0.2, -0.15) is 0 Å². The number of aromatic nitrogens is 3. The van der Waals surface area contributed by atoms with Gasteiger partial charge in [-0.15, -0.1) is 10.2 Å². The van der Waals surface area contributed by atoms with Gasteiger partial charge in [0.05, 0.1) is 5.02 Å². The van der Waals surface area contributed by atoms with E-state index in [0.29, 0.717) is 16.6 Å². The van der Waals surface area contributed by atoms with E-state index in [4.69, 9.17) is 11.6 Å². The molecule has 7 heteroatoms. The van der Waals surface area contributed by atoms with Crippen LogP contribution in [0.5, 0.6) is 0 Å². The molecular weight excluding hydrogens is 392 g/mol. The van der Waals surface area contributed by atoms with Crippen LogP contribution in [0.2, 0.25) is 5.02 Å². The molecule has 144 valence electrons. The van der Waals surface area contributed by atoms with E-state index in [9.17, 15) is 4.79 Å². The van der Waals surface area contributed by atoms with Crippen molar-refractivity contribution in [3.8, 4) is 11.4 Å². The quantitative estimate of drug-likeness (QED) is 0.566. The molecule has 1 heterocycles. The highest BCUT2D eigenvalue weighted by Crippen LogP contribution is 2.30. The summed E-state index contributed by atoms with van der Waals surface area (Å²) in [6.07, 6.45) is 2.18. The number of rotatable bonds is 7. The van der Waals surface area contributed by atoms with Crippen LogP contribution >= 0.6 is 23.4 Å². The first-order valence-electron chi connectivity index (χ1n) is 9.36. The predicted octanol–water partition coefficient (Wildman–Crippen LogP) is 4.80. The van der Waals surface area contributed by atoms with E-state index in [1.807, 2.05) is 48.5 Å². The minimum Gasteiger partial charge on any atom is -0.349 e. The molecule has 0 saturated heterocycles. The van der Waals surface area contributed by atoms with E-state index in [-0.39, 0.29) is 5.91 Å². The van der Waals surface area contributed by atoms with E-state index < -0.39 is 0 Å². The standard InChI is InChI=1S/C21H21ClN4OS/c1-2-26-19(17-5-3-4-6-18(17)22)24-25-21(26)28-13-14-7-9-15(10-8-14)20(27)23-16-11-12-16/h3-10,16H,2,11-13H2,1H3,(H,23,27). The molecule has 0 bridgehead atoms. The number of thioether (sulfide) groups is 1. The Kier molecular flexibility index (Phi) is 5.69. The Balaban J connectivity index is 1.45. The third kappa shape index (κ3) is 4.23. The molecule has 1 N–H and O–H groups in total. The molecule has 0 atom stereocenters. The van der Waals surface area contributed by atoms with Crippen LogP contribution in [0.4, 0.5) is 0 Å². The molecule has 28 heavy (non-hydrogen) atoms. The highest BCUT2D eigenvalue weighted by atomic mass is 35.5. The molecule has 0 unspecified atom stereocenters. The predicted molar refractivity (Wildman–Crippen MR) is 113 cm³/mol. The van der Waals surface area contributed by atoms with Crippen molar-refractivity contribution in [2.24, 2.45) is 0 Å². The second-order valence-corrected chi connectivity index (χ2v) is 8.11. The van der Waals surface area contributed by atoms with Gasteiger partial charge in [0.25, 0.3) is 5.91 Å². The van der Waals surface area contributed by atoms with Gasteiger partial charge in [0.1, 0.15) is 0 Å². The summed E-state index contributed by atoms with van der Waals surface area (Å²) in [6, 6.07) is 15.8. The Morgan fingerprint density at radius 1 is 1.18 bits per heavy atom. The molecule has 1 fully saturated rings. The van der Waals surface area contributed by atoms with Gasteiger partial charge in [-0.25, -0.2) is 0 Å². The molecule has 0 spiro atoms. The summed E-state index contributed by atoms with van der Waals surface area (Å²) in [5.41, 5.74) is 2.73. The van der Waals surface area contributed by atoms with E-state index in [1.54, 1.807) is 11.8 Å². The van der Waals surface area contributed by atoms with Crippen molar-refractivity contribution in [1.82, 2.24) is 20.1 Å². The first-order valence-corrected chi connectivity index (χ1v) is 10.7. The average molecular weight is 413 g/mol. The van der Waals surface area contributed by atoms with Crippen LogP contribution in [0, 0.1) is 0 Å². The Hall–Kier alpha value is -2.31. The number of halogens is 1. The lowest BCUT2D eigenvalue weighted by Gasteiger charge is -2.09. The van der Waals surface area contributed by atoms with Gasteiger partial charge in [0.15, 0.2) is 11.0 Å². The fourth-order valence-electron chi connectivity index (χ4n) is 2.92. The zero-order valence-corrected chi connectivity index (χ0v) is 17.1. The van der Waals surface area contributed by atoms with E-state index >= 15 is 0 Å². The first kappa shape index (κ1) is 19.0. The van der Waals surface area contributed by atoms with Gasteiger partial charge in [0, 0.05) is 29.5 Å². The summed E-state index contributed by atoms with van der Waals surface area (Å²) in [4.78, 5) is 12.1. The average Bonchev–Trinajstić information content (AvgIpc) is 3.43. The van der Waals surface area contributed by atoms with Crippen molar-refractivity contribution >= 4 is 29.3 Å². The third-order valence-corrected chi connectivity index (χ3v) is 6.01. The molecular formula is C21H21ClN4OS. The monoisotopic (exact) mass is 412 g/mol. The fourth-order valence-corrected chi connectivity index (χ4v) is 4.10. The van der Waals surface area contributed by atoms with Crippen LogP contribution in [0.1, 0.15) is 35.7 Å². The van der Waals surface area contributed by atoms with Crippen molar-refractivity contribution in [3.05, 3.63) is 64.7 Å². The molecule has 1 saturated carbocycles. The van der Waals surface area contributed by atoms with Gasteiger partial charge in [0.2, 0.25) is 0 Å². The number of nitrogens with one attached hydrogen (secondary N) is 1. The summed E-state index contributed by atoms with van der Waals surface area (Å²) >= 11 is 7.95. The number of amides is 1. The van der Waals surface area contributed by atoms with Crippen LogP contribution in [-0.4, -0.2) is 26.7 Å². The van der Waals surface area contributed by atoms with E-state index in [1.165, 1.54) is 0 Å². The Bertz CT molecular complexity index is 982. The van der Waals surface area contributed by atoms with Gasteiger partial charge >= 0.3 is 0 Å². The Morgan fingerprint density at radius 3 is 2.61 bits per heavy atom. The summed E-state index contributed by atoms with van der Waals surface area (Å²) in [5.74, 6) is 1.55. The minimum absolute atomic E-state index is 0.0109. The highest BCUT2D eigenvalue weighted by Gasteiger charge is 2.23. The first-order chi connectivity index (χ1) is 13.7. The van der Waals surface area contributed by atoms with Gasteiger partial charge < -0.3 is 9.88 Å². The Morgan fingerprint density at radius 2 is 1.93 bits per heavy atom. The second kappa shape index (κ2) is 8.37. The SMILES string of the molecule is CCn1c(SCc2ccc(C(=O)NC3CC3)cc2)nnc1-c1ccccc1Cl. The summed E-state index contributed by atoms with van der Waals surface area (Å²) < 4.78 is 2.07. The smallest absolute Gasteiger partial charge is 0.251 e. The lowest BCUT2D eigenvalue weighted by atomic mass is 10.1. The zero-order valence-electron chi connectivity index (χ0n) is 15.6. The lowest BCUT2D eigenvalue weighted by molar-refractivity contribution is 0.0951. The number of benzene rings is 2. The molecule has 1 aliphatic carbocycles. The normalized spacial score (nSPS) is 13.5. The number of nitrogens with zero attached hydrogens (tertiary/aromatic N) is 3. The second-order valence-electron chi connectivity index (χ2n) is 6.76. The van der Waals surface area contributed by atoms with Crippen LogP contribution in [-0.2, 0) is 12.3 Å². The largest absolute Gasteiger partial charge is 0.349 e. The van der Waals surface area contributed by atoms with Gasteiger partial charge in [-0.1, -0.05) is 47.6 Å².